The van der Waals surface area contributed by atoms with Gasteiger partial charge in [0.1, 0.15) is 0 Å². The Morgan fingerprint density at radius 2 is 2.29 bits per heavy atom. The van der Waals surface area contributed by atoms with Crippen LogP contribution in [0.2, 0.25) is 0 Å². The summed E-state index contributed by atoms with van der Waals surface area (Å²) in [4.78, 5) is 0. The van der Waals surface area contributed by atoms with Crippen molar-refractivity contribution in [2.24, 2.45) is 0 Å². The van der Waals surface area contributed by atoms with Crippen LogP contribution in [-0.4, -0.2) is 11.5 Å². The zero-order valence-corrected chi connectivity index (χ0v) is 10.7. The molecule has 0 aliphatic heterocycles. The van der Waals surface area contributed by atoms with Gasteiger partial charge in [-0.15, -0.1) is 0 Å². The molecule has 1 aromatic carbocycles. The molecule has 0 unspecified atom stereocenters. The van der Waals surface area contributed by atoms with Gasteiger partial charge >= 0.3 is 0 Å². The van der Waals surface area contributed by atoms with Crippen molar-refractivity contribution in [2.45, 2.75) is 13.5 Å². The Morgan fingerprint density at radius 1 is 1.47 bits per heavy atom. The standard InChI is InChI=1S/C12H15N3OS/c1-8-4-3-5-9(6-8)7-14-12-10(16-2)11(13)15-17-12/h3-6,14H,7H2,1-2H3,(H2,13,15). The molecule has 0 aliphatic carbocycles. The maximum atomic E-state index is 5.68. The van der Waals surface area contributed by atoms with Gasteiger partial charge in [0.05, 0.1) is 7.11 Å². The smallest absolute Gasteiger partial charge is 0.197 e. The van der Waals surface area contributed by atoms with Gasteiger partial charge < -0.3 is 15.8 Å². The summed E-state index contributed by atoms with van der Waals surface area (Å²) in [6.07, 6.45) is 0. The van der Waals surface area contributed by atoms with Gasteiger partial charge in [0.15, 0.2) is 16.6 Å². The lowest BCUT2D eigenvalue weighted by atomic mass is 10.1. The fourth-order valence-corrected chi connectivity index (χ4v) is 2.29. The maximum absolute atomic E-state index is 5.68. The van der Waals surface area contributed by atoms with Crippen LogP contribution < -0.4 is 15.8 Å². The summed E-state index contributed by atoms with van der Waals surface area (Å²) in [5, 5.41) is 4.15. The number of benzene rings is 1. The number of hydrogen-bond donors (Lipinski definition) is 2. The molecule has 0 saturated heterocycles. The number of aryl methyl sites for hydroxylation is 1. The van der Waals surface area contributed by atoms with Gasteiger partial charge in [0.25, 0.3) is 0 Å². The van der Waals surface area contributed by atoms with Crippen LogP contribution in [-0.2, 0) is 6.54 Å². The van der Waals surface area contributed by atoms with Crippen LogP contribution >= 0.6 is 11.5 Å². The van der Waals surface area contributed by atoms with Crippen LogP contribution in [0.15, 0.2) is 24.3 Å². The summed E-state index contributed by atoms with van der Waals surface area (Å²) in [5.41, 5.74) is 8.15. The van der Waals surface area contributed by atoms with E-state index >= 15 is 0 Å². The van der Waals surface area contributed by atoms with Crippen molar-refractivity contribution in [3.05, 3.63) is 35.4 Å². The van der Waals surface area contributed by atoms with Gasteiger partial charge in [0, 0.05) is 6.54 Å². The molecule has 0 atom stereocenters. The van der Waals surface area contributed by atoms with E-state index in [2.05, 4.69) is 34.8 Å². The largest absolute Gasteiger partial charge is 0.490 e. The second-order valence-electron chi connectivity index (χ2n) is 3.77. The molecular formula is C12H15N3OS. The van der Waals surface area contributed by atoms with Crippen molar-refractivity contribution in [2.75, 3.05) is 18.2 Å². The van der Waals surface area contributed by atoms with Crippen LogP contribution in [0.3, 0.4) is 0 Å². The Morgan fingerprint density at radius 3 is 3.00 bits per heavy atom. The SMILES string of the molecule is COc1c(N)nsc1NCc1cccc(C)c1. The third kappa shape index (κ3) is 2.68. The van der Waals surface area contributed by atoms with E-state index in [-0.39, 0.29) is 0 Å². The first kappa shape index (κ1) is 11.7. The van der Waals surface area contributed by atoms with Gasteiger partial charge in [-0.25, -0.2) is 0 Å². The van der Waals surface area contributed by atoms with Crippen LogP contribution in [0.5, 0.6) is 5.75 Å². The molecule has 5 heteroatoms. The number of nitrogens with one attached hydrogen (secondary N) is 1. The van der Waals surface area contributed by atoms with Crippen molar-refractivity contribution >= 4 is 22.4 Å². The number of nitrogens with two attached hydrogens (primary N) is 1. The fraction of sp³-hybridized carbons (Fsp3) is 0.250. The Balaban J connectivity index is 2.07. The maximum Gasteiger partial charge on any atom is 0.197 e. The number of aromatic nitrogens is 1. The molecule has 0 aliphatic rings. The zero-order chi connectivity index (χ0) is 12.3. The van der Waals surface area contributed by atoms with Gasteiger partial charge in [0.2, 0.25) is 0 Å². The number of nitrogens with zero attached hydrogens (tertiary/aromatic N) is 1. The molecule has 0 amide bonds. The number of ether oxygens (including phenoxy) is 1. The van der Waals surface area contributed by atoms with Crippen LogP contribution in [0.1, 0.15) is 11.1 Å². The van der Waals surface area contributed by atoms with E-state index < -0.39 is 0 Å². The minimum Gasteiger partial charge on any atom is -0.490 e. The van der Waals surface area contributed by atoms with Crippen LogP contribution in [0, 0.1) is 6.92 Å². The third-order valence-electron chi connectivity index (χ3n) is 2.41. The van der Waals surface area contributed by atoms with E-state index in [4.69, 9.17) is 10.5 Å². The molecule has 0 bridgehead atoms. The number of hydrogen-bond acceptors (Lipinski definition) is 5. The molecule has 1 heterocycles. The lowest BCUT2D eigenvalue weighted by Crippen LogP contribution is -2.00. The van der Waals surface area contributed by atoms with Gasteiger partial charge in [-0.1, -0.05) is 29.8 Å². The molecular weight excluding hydrogens is 234 g/mol. The second kappa shape index (κ2) is 5.05. The first-order valence-corrected chi connectivity index (χ1v) is 6.06. The molecule has 0 saturated carbocycles. The summed E-state index contributed by atoms with van der Waals surface area (Å²) in [7, 11) is 1.60. The molecule has 1 aromatic heterocycles. The van der Waals surface area contributed by atoms with Crippen molar-refractivity contribution in [1.29, 1.82) is 0 Å². The molecule has 90 valence electrons. The number of rotatable bonds is 4. The Bertz CT molecular complexity index is 510. The first-order chi connectivity index (χ1) is 8.20. The minimum atomic E-state index is 0.434. The molecule has 17 heavy (non-hydrogen) atoms. The van der Waals surface area contributed by atoms with Gasteiger partial charge in [-0.3, -0.25) is 0 Å². The number of anilines is 2. The molecule has 0 radical (unpaired) electrons. The molecule has 0 spiro atoms. The topological polar surface area (TPSA) is 60.2 Å². The number of nitrogen functional groups attached to an aromatic ring is 1. The Kier molecular flexibility index (Phi) is 3.49. The highest BCUT2D eigenvalue weighted by atomic mass is 32.1. The Hall–Kier alpha value is -1.75. The van der Waals surface area contributed by atoms with E-state index in [1.807, 2.05) is 6.07 Å². The highest BCUT2D eigenvalue weighted by Crippen LogP contribution is 2.34. The minimum absolute atomic E-state index is 0.434. The number of methoxy groups -OCH3 is 1. The average molecular weight is 249 g/mol. The molecule has 2 aromatic rings. The zero-order valence-electron chi connectivity index (χ0n) is 9.86. The lowest BCUT2D eigenvalue weighted by molar-refractivity contribution is 0.419. The second-order valence-corrected chi connectivity index (χ2v) is 4.55. The summed E-state index contributed by atoms with van der Waals surface area (Å²) in [6, 6.07) is 8.35. The van der Waals surface area contributed by atoms with E-state index in [1.54, 1.807) is 7.11 Å². The van der Waals surface area contributed by atoms with Crippen molar-refractivity contribution < 1.29 is 4.74 Å². The monoisotopic (exact) mass is 249 g/mol. The highest BCUT2D eigenvalue weighted by molar-refractivity contribution is 7.11. The van der Waals surface area contributed by atoms with Gasteiger partial charge in [-0.2, -0.15) is 4.37 Å². The predicted molar refractivity (Wildman–Crippen MR) is 71.6 cm³/mol. The quantitative estimate of drug-likeness (QED) is 0.874. The van der Waals surface area contributed by atoms with Crippen LogP contribution in [0.25, 0.3) is 0 Å². The van der Waals surface area contributed by atoms with Crippen molar-refractivity contribution in [1.82, 2.24) is 4.37 Å². The van der Waals surface area contributed by atoms with Crippen molar-refractivity contribution in [3.8, 4) is 5.75 Å². The van der Waals surface area contributed by atoms with Crippen LogP contribution in [0.4, 0.5) is 10.8 Å². The lowest BCUT2D eigenvalue weighted by Gasteiger charge is -2.06. The third-order valence-corrected chi connectivity index (χ3v) is 3.21. The highest BCUT2D eigenvalue weighted by Gasteiger charge is 2.11. The average Bonchev–Trinajstić information content (AvgIpc) is 2.67. The first-order valence-electron chi connectivity index (χ1n) is 5.29. The predicted octanol–water partition coefficient (Wildman–Crippen LogP) is 2.65. The summed E-state index contributed by atoms with van der Waals surface area (Å²) >= 11 is 1.31. The Labute approximate surface area is 105 Å². The molecule has 3 N–H and O–H groups in total. The van der Waals surface area contributed by atoms with Crippen molar-refractivity contribution in [3.63, 3.8) is 0 Å². The van der Waals surface area contributed by atoms with E-state index in [9.17, 15) is 0 Å². The van der Waals surface area contributed by atoms with E-state index in [0.29, 0.717) is 11.6 Å². The molecule has 4 nitrogen and oxygen atoms in total. The summed E-state index contributed by atoms with van der Waals surface area (Å²) in [5.74, 6) is 1.06. The normalized spacial score (nSPS) is 10.2. The fourth-order valence-electron chi connectivity index (χ4n) is 1.61. The molecule has 0 fully saturated rings. The summed E-state index contributed by atoms with van der Waals surface area (Å²) in [6.45, 7) is 2.81. The van der Waals surface area contributed by atoms with Gasteiger partial charge in [-0.05, 0) is 24.0 Å². The van der Waals surface area contributed by atoms with E-state index in [1.165, 1.54) is 22.7 Å². The summed E-state index contributed by atoms with van der Waals surface area (Å²) < 4.78 is 9.24. The van der Waals surface area contributed by atoms with E-state index in [0.717, 1.165) is 11.5 Å². The molecule has 2 rings (SSSR count).